The van der Waals surface area contributed by atoms with E-state index < -0.39 is 20.6 Å². The Labute approximate surface area is 136 Å². The quantitative estimate of drug-likeness (QED) is 0.533. The highest BCUT2D eigenvalue weighted by Crippen LogP contribution is 2.34. The molecule has 1 aromatic carbocycles. The van der Waals surface area contributed by atoms with Gasteiger partial charge in [-0.3, -0.25) is 10.1 Å². The number of hydrogen-bond donors (Lipinski definition) is 0. The molecule has 0 aliphatic heterocycles. The molecule has 0 fully saturated rings. The zero-order chi connectivity index (χ0) is 16.8. The predicted molar refractivity (Wildman–Crippen MR) is 85.2 cm³/mol. The van der Waals surface area contributed by atoms with Gasteiger partial charge in [0.05, 0.1) is 14.8 Å². The first-order chi connectivity index (χ1) is 10.8. The maximum Gasteiger partial charge on any atom is 0.299 e. The van der Waals surface area contributed by atoms with E-state index in [4.69, 9.17) is 11.6 Å². The number of fused-ring (bicyclic) bond motifs is 1. The molecule has 0 unspecified atom stereocenters. The van der Waals surface area contributed by atoms with Crippen molar-refractivity contribution in [2.24, 2.45) is 0 Å². The summed E-state index contributed by atoms with van der Waals surface area (Å²) in [6.07, 6.45) is 2.23. The monoisotopic (exact) mass is 351 g/mol. The molecule has 0 radical (unpaired) electrons. The molecule has 0 N–H and O–H groups in total. The molecule has 2 aromatic heterocycles. The highest BCUT2D eigenvalue weighted by Gasteiger charge is 2.28. The van der Waals surface area contributed by atoms with Gasteiger partial charge in [0.25, 0.3) is 15.7 Å². The van der Waals surface area contributed by atoms with Gasteiger partial charge in [-0.05, 0) is 25.1 Å². The molecule has 2 heterocycles. The van der Waals surface area contributed by atoms with E-state index >= 15 is 0 Å². The van der Waals surface area contributed by atoms with Crippen molar-refractivity contribution < 1.29 is 13.3 Å². The normalized spacial score (nSPS) is 11.7. The van der Waals surface area contributed by atoms with Crippen LogP contribution in [0.3, 0.4) is 0 Å². The molecule has 0 saturated heterocycles. The van der Waals surface area contributed by atoms with Gasteiger partial charge < -0.3 is 0 Å². The smallest absolute Gasteiger partial charge is 0.258 e. The summed E-state index contributed by atoms with van der Waals surface area (Å²) in [7, 11) is -4.02. The van der Waals surface area contributed by atoms with Crippen LogP contribution in [-0.4, -0.2) is 22.3 Å². The average molecular weight is 352 g/mol. The zero-order valence-electron chi connectivity index (χ0n) is 11.8. The van der Waals surface area contributed by atoms with Gasteiger partial charge in [-0.2, -0.15) is 0 Å². The van der Waals surface area contributed by atoms with Crippen molar-refractivity contribution in [3.63, 3.8) is 0 Å². The highest BCUT2D eigenvalue weighted by atomic mass is 35.5. The van der Waals surface area contributed by atoms with Crippen LogP contribution in [0.25, 0.3) is 11.0 Å². The molecule has 118 valence electrons. The topological polar surface area (TPSA) is 95.1 Å². The Morgan fingerprint density at radius 1 is 1.22 bits per heavy atom. The fourth-order valence-corrected chi connectivity index (χ4v) is 3.76. The number of halogens is 1. The summed E-state index contributed by atoms with van der Waals surface area (Å²) in [5.41, 5.74) is 0.409. The van der Waals surface area contributed by atoms with E-state index in [0.29, 0.717) is 0 Å². The fourth-order valence-electron chi connectivity index (χ4n) is 2.21. The van der Waals surface area contributed by atoms with Crippen LogP contribution in [-0.2, 0) is 10.0 Å². The minimum absolute atomic E-state index is 0.00477. The third-order valence-electron chi connectivity index (χ3n) is 3.36. The Kier molecular flexibility index (Phi) is 3.57. The third kappa shape index (κ3) is 2.45. The molecule has 23 heavy (non-hydrogen) atoms. The van der Waals surface area contributed by atoms with Crippen LogP contribution in [0.15, 0.2) is 47.6 Å². The van der Waals surface area contributed by atoms with Crippen LogP contribution in [0.5, 0.6) is 0 Å². The largest absolute Gasteiger partial charge is 0.299 e. The molecule has 0 amide bonds. The number of rotatable bonds is 3. The SMILES string of the molecule is Cc1ccc(S(=O)(=O)n2cc([N+](=O)[O-])c3c(Cl)ccnc32)cc1. The summed E-state index contributed by atoms with van der Waals surface area (Å²) in [6, 6.07) is 7.54. The lowest BCUT2D eigenvalue weighted by molar-refractivity contribution is -0.383. The van der Waals surface area contributed by atoms with Crippen molar-refractivity contribution in [1.29, 1.82) is 0 Å². The summed E-state index contributed by atoms with van der Waals surface area (Å²) in [5.74, 6) is 0. The van der Waals surface area contributed by atoms with Crippen LogP contribution in [0.4, 0.5) is 5.69 Å². The maximum atomic E-state index is 12.8. The van der Waals surface area contributed by atoms with Gasteiger partial charge >= 0.3 is 0 Å². The van der Waals surface area contributed by atoms with E-state index in [0.717, 1.165) is 15.7 Å². The Bertz CT molecular complexity index is 1030. The highest BCUT2D eigenvalue weighted by molar-refractivity contribution is 7.90. The molecular formula is C14H10ClN3O4S. The molecular weight excluding hydrogens is 342 g/mol. The van der Waals surface area contributed by atoms with Crippen molar-refractivity contribution in [3.05, 3.63) is 63.4 Å². The lowest BCUT2D eigenvalue weighted by Gasteiger charge is -2.06. The number of benzene rings is 1. The standard InChI is InChI=1S/C14H10ClN3O4S/c1-9-2-4-10(5-3-9)23(21,22)17-8-12(18(19)20)13-11(15)6-7-16-14(13)17/h2-8H,1H3. The van der Waals surface area contributed by atoms with Crippen molar-refractivity contribution >= 4 is 38.3 Å². The molecule has 9 heteroatoms. The second-order valence-electron chi connectivity index (χ2n) is 4.88. The van der Waals surface area contributed by atoms with Gasteiger partial charge in [0.2, 0.25) is 0 Å². The maximum absolute atomic E-state index is 12.8. The second kappa shape index (κ2) is 5.32. The molecule has 0 atom stereocenters. The van der Waals surface area contributed by atoms with E-state index in [1.807, 2.05) is 6.92 Å². The predicted octanol–water partition coefficient (Wildman–Crippen LogP) is 3.14. The van der Waals surface area contributed by atoms with Gasteiger partial charge in [-0.15, -0.1) is 0 Å². The Balaban J connectivity index is 2.34. The summed E-state index contributed by atoms with van der Waals surface area (Å²) in [6.45, 7) is 1.83. The minimum atomic E-state index is -4.02. The molecule has 0 saturated carbocycles. The van der Waals surface area contributed by atoms with Gasteiger partial charge in [0.15, 0.2) is 5.65 Å². The average Bonchev–Trinajstić information content (AvgIpc) is 2.89. The fraction of sp³-hybridized carbons (Fsp3) is 0.0714. The van der Waals surface area contributed by atoms with Crippen LogP contribution >= 0.6 is 11.6 Å². The van der Waals surface area contributed by atoms with Crippen molar-refractivity contribution in [1.82, 2.24) is 8.96 Å². The van der Waals surface area contributed by atoms with E-state index in [1.54, 1.807) is 12.1 Å². The van der Waals surface area contributed by atoms with E-state index in [1.165, 1.54) is 24.4 Å². The lowest BCUT2D eigenvalue weighted by Crippen LogP contribution is -2.12. The number of nitro groups is 1. The van der Waals surface area contributed by atoms with Crippen LogP contribution in [0, 0.1) is 17.0 Å². The number of nitrogens with zero attached hydrogens (tertiary/aromatic N) is 3. The van der Waals surface area contributed by atoms with Gasteiger partial charge in [-0.25, -0.2) is 17.4 Å². The van der Waals surface area contributed by atoms with Crippen LogP contribution < -0.4 is 0 Å². The van der Waals surface area contributed by atoms with Crippen molar-refractivity contribution in [2.75, 3.05) is 0 Å². The zero-order valence-corrected chi connectivity index (χ0v) is 13.4. The van der Waals surface area contributed by atoms with Gasteiger partial charge in [-0.1, -0.05) is 29.3 Å². The number of aryl methyl sites for hydroxylation is 1. The Morgan fingerprint density at radius 3 is 2.48 bits per heavy atom. The van der Waals surface area contributed by atoms with E-state index in [2.05, 4.69) is 4.98 Å². The van der Waals surface area contributed by atoms with Crippen LogP contribution in [0.1, 0.15) is 5.56 Å². The van der Waals surface area contributed by atoms with Crippen molar-refractivity contribution in [2.45, 2.75) is 11.8 Å². The third-order valence-corrected chi connectivity index (χ3v) is 5.34. The van der Waals surface area contributed by atoms with Gasteiger partial charge in [0.1, 0.15) is 11.6 Å². The lowest BCUT2D eigenvalue weighted by atomic mass is 10.2. The summed E-state index contributed by atoms with van der Waals surface area (Å²) in [4.78, 5) is 14.5. The first kappa shape index (κ1) is 15.4. The molecule has 7 nitrogen and oxygen atoms in total. The molecule has 0 aliphatic carbocycles. The summed E-state index contributed by atoms with van der Waals surface area (Å²) < 4.78 is 26.3. The molecule has 0 bridgehead atoms. The van der Waals surface area contributed by atoms with Crippen molar-refractivity contribution in [3.8, 4) is 0 Å². The molecule has 3 rings (SSSR count). The second-order valence-corrected chi connectivity index (χ2v) is 7.10. The first-order valence-corrected chi connectivity index (χ1v) is 8.26. The summed E-state index contributed by atoms with van der Waals surface area (Å²) in [5, 5.41) is 11.3. The van der Waals surface area contributed by atoms with E-state index in [9.17, 15) is 18.5 Å². The molecule has 0 spiro atoms. The molecule has 3 aromatic rings. The minimum Gasteiger partial charge on any atom is -0.258 e. The number of pyridine rings is 1. The van der Waals surface area contributed by atoms with E-state index in [-0.39, 0.29) is 21.0 Å². The van der Waals surface area contributed by atoms with Gasteiger partial charge in [0, 0.05) is 6.20 Å². The molecule has 0 aliphatic rings. The number of hydrogen-bond acceptors (Lipinski definition) is 5. The Morgan fingerprint density at radius 2 is 1.87 bits per heavy atom. The summed E-state index contributed by atoms with van der Waals surface area (Å²) >= 11 is 5.98. The Hall–Kier alpha value is -2.45. The number of aromatic nitrogens is 2. The van der Waals surface area contributed by atoms with Crippen LogP contribution in [0.2, 0.25) is 5.02 Å². The first-order valence-electron chi connectivity index (χ1n) is 6.44.